The third-order valence-corrected chi connectivity index (χ3v) is 6.17. The number of methoxy groups -OCH3 is 4. The Labute approximate surface area is 204 Å². The van der Waals surface area contributed by atoms with Gasteiger partial charge >= 0.3 is 0 Å². The number of hydrogen-bond donors (Lipinski definition) is 0. The van der Waals surface area contributed by atoms with E-state index >= 15 is 0 Å². The van der Waals surface area contributed by atoms with Gasteiger partial charge < -0.3 is 28.6 Å². The van der Waals surface area contributed by atoms with E-state index in [1.165, 1.54) is 0 Å². The standard InChI is InChI=1S/C27H38N2O5/c1-7-27(20-28,21-17-24(31-4)26(33-6)25(18-21)32-5)13-9-14-29(2)15-10-16-34-23-12-8-11-22(19-23)30-3/h8,11-12,17-19H,7,9-10,13-16H2,1-6H3. The fourth-order valence-corrected chi connectivity index (χ4v) is 4.06. The molecule has 1 unspecified atom stereocenters. The molecule has 7 nitrogen and oxygen atoms in total. The number of nitriles is 1. The van der Waals surface area contributed by atoms with Crippen molar-refractivity contribution in [1.82, 2.24) is 4.90 Å². The summed E-state index contributed by atoms with van der Waals surface area (Å²) >= 11 is 0. The van der Waals surface area contributed by atoms with Crippen LogP contribution in [0.5, 0.6) is 28.7 Å². The molecule has 0 radical (unpaired) electrons. The van der Waals surface area contributed by atoms with Gasteiger partial charge in [0.15, 0.2) is 11.5 Å². The molecular formula is C27H38N2O5. The Kier molecular flexibility index (Phi) is 10.8. The molecule has 0 N–H and O–H groups in total. The Morgan fingerprint density at radius 3 is 2.09 bits per heavy atom. The molecule has 0 aliphatic carbocycles. The quantitative estimate of drug-likeness (QED) is 0.336. The van der Waals surface area contributed by atoms with Gasteiger partial charge in [-0.25, -0.2) is 0 Å². The minimum absolute atomic E-state index is 0.535. The Bertz CT molecular complexity index is 918. The van der Waals surface area contributed by atoms with E-state index in [4.69, 9.17) is 23.7 Å². The van der Waals surface area contributed by atoms with Crippen molar-refractivity contribution in [1.29, 1.82) is 5.26 Å². The lowest BCUT2D eigenvalue weighted by atomic mass is 9.75. The number of nitrogens with zero attached hydrogens (tertiary/aromatic N) is 2. The fraction of sp³-hybridized carbons (Fsp3) is 0.519. The van der Waals surface area contributed by atoms with E-state index in [-0.39, 0.29) is 0 Å². The summed E-state index contributed by atoms with van der Waals surface area (Å²) in [6.07, 6.45) is 3.24. The number of ether oxygens (including phenoxy) is 5. The average molecular weight is 471 g/mol. The van der Waals surface area contributed by atoms with E-state index in [0.717, 1.165) is 49.4 Å². The summed E-state index contributed by atoms with van der Waals surface area (Å²) in [6, 6.07) is 14.0. The Hall–Kier alpha value is -3.11. The van der Waals surface area contributed by atoms with Gasteiger partial charge in [-0.05, 0) is 69.1 Å². The van der Waals surface area contributed by atoms with Crippen LogP contribution in [0.2, 0.25) is 0 Å². The molecule has 1 atom stereocenters. The SMILES string of the molecule is CCC(C#N)(CCCN(C)CCCOc1cccc(OC)c1)c1cc(OC)c(OC)c(OC)c1. The molecule has 0 aliphatic heterocycles. The minimum Gasteiger partial charge on any atom is -0.497 e. The maximum Gasteiger partial charge on any atom is 0.203 e. The Morgan fingerprint density at radius 1 is 0.882 bits per heavy atom. The van der Waals surface area contributed by atoms with Gasteiger partial charge in [0, 0.05) is 12.6 Å². The number of hydrogen-bond acceptors (Lipinski definition) is 7. The average Bonchev–Trinajstić information content (AvgIpc) is 2.88. The summed E-state index contributed by atoms with van der Waals surface area (Å²) in [5.41, 5.74) is 0.268. The molecule has 2 rings (SSSR count). The summed E-state index contributed by atoms with van der Waals surface area (Å²) < 4.78 is 27.5. The summed E-state index contributed by atoms with van der Waals surface area (Å²) in [7, 11) is 8.51. The van der Waals surface area contributed by atoms with Crippen LogP contribution in [-0.4, -0.2) is 60.1 Å². The molecule has 2 aromatic carbocycles. The number of benzene rings is 2. The first kappa shape index (κ1) is 27.1. The van der Waals surface area contributed by atoms with Gasteiger partial charge in [-0.1, -0.05) is 13.0 Å². The van der Waals surface area contributed by atoms with Crippen LogP contribution in [0.4, 0.5) is 0 Å². The van der Waals surface area contributed by atoms with E-state index < -0.39 is 5.41 Å². The Balaban J connectivity index is 1.92. The summed E-state index contributed by atoms with van der Waals surface area (Å²) in [5, 5.41) is 10.2. The molecule has 34 heavy (non-hydrogen) atoms. The zero-order valence-electron chi connectivity index (χ0n) is 21.3. The van der Waals surface area contributed by atoms with Crippen molar-refractivity contribution >= 4 is 0 Å². The van der Waals surface area contributed by atoms with Crippen molar-refractivity contribution in [2.75, 3.05) is 55.2 Å². The Morgan fingerprint density at radius 2 is 1.53 bits per heavy atom. The maximum absolute atomic E-state index is 10.2. The predicted molar refractivity (Wildman–Crippen MR) is 134 cm³/mol. The monoisotopic (exact) mass is 470 g/mol. The predicted octanol–water partition coefficient (Wildman–Crippen LogP) is 5.07. The second-order valence-electron chi connectivity index (χ2n) is 8.25. The molecule has 0 aliphatic rings. The first-order valence-corrected chi connectivity index (χ1v) is 11.6. The van der Waals surface area contributed by atoms with Crippen molar-refractivity contribution in [3.8, 4) is 34.8 Å². The van der Waals surface area contributed by atoms with E-state index in [2.05, 4.69) is 18.0 Å². The fourth-order valence-electron chi connectivity index (χ4n) is 4.06. The van der Waals surface area contributed by atoms with Crippen molar-refractivity contribution in [3.63, 3.8) is 0 Å². The molecule has 0 bridgehead atoms. The van der Waals surface area contributed by atoms with E-state index in [1.807, 2.05) is 43.3 Å². The molecule has 0 fully saturated rings. The zero-order valence-corrected chi connectivity index (χ0v) is 21.3. The van der Waals surface area contributed by atoms with Crippen molar-refractivity contribution in [2.45, 2.75) is 38.0 Å². The van der Waals surface area contributed by atoms with Gasteiger partial charge in [0.1, 0.15) is 11.5 Å². The highest BCUT2D eigenvalue weighted by Crippen LogP contribution is 2.43. The first-order valence-electron chi connectivity index (χ1n) is 11.6. The lowest BCUT2D eigenvalue weighted by Crippen LogP contribution is -2.27. The molecule has 0 saturated carbocycles. The normalized spacial score (nSPS) is 12.5. The van der Waals surface area contributed by atoms with Crippen molar-refractivity contribution < 1.29 is 23.7 Å². The van der Waals surface area contributed by atoms with Gasteiger partial charge in [-0.3, -0.25) is 0 Å². The highest BCUT2D eigenvalue weighted by molar-refractivity contribution is 5.56. The van der Waals surface area contributed by atoms with Gasteiger partial charge in [0.25, 0.3) is 0 Å². The van der Waals surface area contributed by atoms with E-state index in [0.29, 0.717) is 30.3 Å². The van der Waals surface area contributed by atoms with Crippen LogP contribution in [0.3, 0.4) is 0 Å². The molecule has 2 aromatic rings. The molecule has 0 heterocycles. The molecule has 0 amide bonds. The molecule has 0 saturated heterocycles. The lowest BCUT2D eigenvalue weighted by Gasteiger charge is -2.28. The second-order valence-corrected chi connectivity index (χ2v) is 8.25. The number of rotatable bonds is 15. The topological polar surface area (TPSA) is 73.2 Å². The van der Waals surface area contributed by atoms with E-state index in [1.54, 1.807) is 28.4 Å². The zero-order chi connectivity index (χ0) is 25.0. The molecule has 0 aromatic heterocycles. The van der Waals surface area contributed by atoms with Crippen LogP contribution in [0, 0.1) is 11.3 Å². The third kappa shape index (κ3) is 6.94. The smallest absolute Gasteiger partial charge is 0.203 e. The maximum atomic E-state index is 10.2. The van der Waals surface area contributed by atoms with E-state index in [9.17, 15) is 5.26 Å². The highest BCUT2D eigenvalue weighted by Gasteiger charge is 2.32. The summed E-state index contributed by atoms with van der Waals surface area (Å²) in [4.78, 5) is 2.28. The lowest BCUT2D eigenvalue weighted by molar-refractivity contribution is 0.255. The van der Waals surface area contributed by atoms with Crippen LogP contribution >= 0.6 is 0 Å². The van der Waals surface area contributed by atoms with Crippen molar-refractivity contribution in [3.05, 3.63) is 42.0 Å². The van der Waals surface area contributed by atoms with Crippen LogP contribution in [0.15, 0.2) is 36.4 Å². The van der Waals surface area contributed by atoms with Gasteiger partial charge in [-0.15, -0.1) is 0 Å². The van der Waals surface area contributed by atoms with Gasteiger partial charge in [-0.2, -0.15) is 5.26 Å². The largest absolute Gasteiger partial charge is 0.497 e. The van der Waals surface area contributed by atoms with Gasteiger partial charge in [0.2, 0.25) is 5.75 Å². The molecule has 7 heteroatoms. The van der Waals surface area contributed by atoms with Crippen LogP contribution in [-0.2, 0) is 5.41 Å². The molecule has 186 valence electrons. The van der Waals surface area contributed by atoms with Crippen LogP contribution < -0.4 is 23.7 Å². The third-order valence-electron chi connectivity index (χ3n) is 6.17. The second kappa shape index (κ2) is 13.6. The van der Waals surface area contributed by atoms with Crippen LogP contribution in [0.25, 0.3) is 0 Å². The first-order chi connectivity index (χ1) is 16.5. The van der Waals surface area contributed by atoms with Gasteiger partial charge in [0.05, 0.1) is 46.5 Å². The summed E-state index contributed by atoms with van der Waals surface area (Å²) in [5.74, 6) is 3.27. The van der Waals surface area contributed by atoms with Crippen LogP contribution in [0.1, 0.15) is 38.2 Å². The highest BCUT2D eigenvalue weighted by atomic mass is 16.5. The minimum atomic E-state index is -0.622. The molecular weight excluding hydrogens is 432 g/mol. The molecule has 0 spiro atoms. The summed E-state index contributed by atoms with van der Waals surface area (Å²) in [6.45, 7) is 4.50. The van der Waals surface area contributed by atoms with Crippen molar-refractivity contribution in [2.24, 2.45) is 0 Å².